The molecule has 1 aliphatic heterocycles. The number of nitrogens with zero attached hydrogens (tertiary/aromatic N) is 2. The maximum Gasteiger partial charge on any atom is 0.338 e. The standard InChI is InChI=1S/C30H22Cl2N2O8/c31-21-16-33-34(26(35)23(21)32)27-25(42-30(38)20-14-8-3-9-15-20)24(41-29(37)19-12-6-2-7-13-19)22(40-27)17-39-28(36)18-10-4-1-5-11-18/h1-16,22,24-25,27H,17H2/t22-,24-,25-,27-/m1/s1. The van der Waals surface area contributed by atoms with Gasteiger partial charge in [0.15, 0.2) is 18.4 Å². The fraction of sp³-hybridized carbons (Fsp3) is 0.167. The zero-order valence-corrected chi connectivity index (χ0v) is 23.2. The first-order valence-corrected chi connectivity index (χ1v) is 13.4. The first-order valence-electron chi connectivity index (χ1n) is 12.7. The van der Waals surface area contributed by atoms with Gasteiger partial charge < -0.3 is 18.9 Å². The second-order valence-electron chi connectivity index (χ2n) is 9.06. The van der Waals surface area contributed by atoms with E-state index < -0.39 is 54.6 Å². The molecule has 1 aliphatic rings. The van der Waals surface area contributed by atoms with Crippen molar-refractivity contribution in [2.75, 3.05) is 6.61 Å². The first kappa shape index (κ1) is 29.0. The summed E-state index contributed by atoms with van der Waals surface area (Å²) in [6, 6.07) is 24.4. The van der Waals surface area contributed by atoms with Crippen LogP contribution < -0.4 is 5.56 Å². The van der Waals surface area contributed by atoms with Crippen molar-refractivity contribution in [1.29, 1.82) is 0 Å². The molecule has 4 atom stereocenters. The molecule has 0 aliphatic carbocycles. The Morgan fingerprint density at radius 2 is 1.21 bits per heavy atom. The number of carbonyl (C=O) groups excluding carboxylic acids is 3. The van der Waals surface area contributed by atoms with Crippen molar-refractivity contribution in [1.82, 2.24) is 9.78 Å². The minimum absolute atomic E-state index is 0.103. The van der Waals surface area contributed by atoms with Crippen LogP contribution in [0.15, 0.2) is 102 Å². The number of esters is 3. The van der Waals surface area contributed by atoms with Crippen molar-refractivity contribution in [2.45, 2.75) is 24.5 Å². The first-order chi connectivity index (χ1) is 20.3. The summed E-state index contributed by atoms with van der Waals surface area (Å²) in [7, 11) is 0. The fourth-order valence-electron chi connectivity index (χ4n) is 4.26. The van der Waals surface area contributed by atoms with Crippen LogP contribution in [0.25, 0.3) is 0 Å². The Morgan fingerprint density at radius 1 is 0.738 bits per heavy atom. The van der Waals surface area contributed by atoms with Crippen LogP contribution in [0.2, 0.25) is 10.0 Å². The van der Waals surface area contributed by atoms with Crippen molar-refractivity contribution >= 4 is 41.1 Å². The van der Waals surface area contributed by atoms with Gasteiger partial charge in [-0.3, -0.25) is 4.79 Å². The van der Waals surface area contributed by atoms with E-state index in [4.69, 9.17) is 42.1 Å². The average Bonchev–Trinajstić information content (AvgIpc) is 3.35. The lowest BCUT2D eigenvalue weighted by Gasteiger charge is -2.24. The van der Waals surface area contributed by atoms with E-state index in [-0.39, 0.29) is 26.7 Å². The number of ether oxygens (including phenoxy) is 4. The second kappa shape index (κ2) is 13.0. The molecule has 2 heterocycles. The highest BCUT2D eigenvalue weighted by atomic mass is 35.5. The molecule has 4 aromatic rings. The Morgan fingerprint density at radius 3 is 1.74 bits per heavy atom. The average molecular weight is 609 g/mol. The van der Waals surface area contributed by atoms with Gasteiger partial charge in [-0.15, -0.1) is 0 Å². The molecule has 42 heavy (non-hydrogen) atoms. The molecule has 1 aromatic heterocycles. The Labute approximate surface area is 249 Å². The van der Waals surface area contributed by atoms with Crippen LogP contribution in [-0.4, -0.2) is 52.6 Å². The zero-order chi connectivity index (χ0) is 29.6. The molecule has 5 rings (SSSR count). The molecule has 10 nitrogen and oxygen atoms in total. The van der Waals surface area contributed by atoms with E-state index in [1.54, 1.807) is 66.7 Å². The highest BCUT2D eigenvalue weighted by Gasteiger charge is 2.52. The molecule has 0 N–H and O–H groups in total. The van der Waals surface area contributed by atoms with Gasteiger partial charge >= 0.3 is 17.9 Å². The van der Waals surface area contributed by atoms with Gasteiger partial charge in [-0.1, -0.05) is 77.8 Å². The monoisotopic (exact) mass is 608 g/mol. The summed E-state index contributed by atoms with van der Waals surface area (Å²) in [6.45, 7) is -0.424. The highest BCUT2D eigenvalue weighted by Crippen LogP contribution is 2.35. The van der Waals surface area contributed by atoms with Crippen LogP contribution >= 0.6 is 23.2 Å². The molecular weight excluding hydrogens is 587 g/mol. The Bertz CT molecular complexity index is 1630. The van der Waals surface area contributed by atoms with Crippen LogP contribution in [-0.2, 0) is 18.9 Å². The van der Waals surface area contributed by atoms with Gasteiger partial charge in [0.05, 0.1) is 27.9 Å². The molecule has 0 amide bonds. The summed E-state index contributed by atoms with van der Waals surface area (Å²) in [4.78, 5) is 52.1. The van der Waals surface area contributed by atoms with E-state index in [2.05, 4.69) is 5.10 Å². The molecule has 3 aromatic carbocycles. The smallest absolute Gasteiger partial charge is 0.338 e. The van der Waals surface area contributed by atoms with Crippen LogP contribution in [0, 0.1) is 0 Å². The van der Waals surface area contributed by atoms with Gasteiger partial charge in [0, 0.05) is 0 Å². The van der Waals surface area contributed by atoms with E-state index >= 15 is 0 Å². The third-order valence-corrected chi connectivity index (χ3v) is 7.07. The topological polar surface area (TPSA) is 123 Å². The van der Waals surface area contributed by atoms with E-state index in [9.17, 15) is 19.2 Å². The number of hydrogen-bond acceptors (Lipinski definition) is 9. The highest BCUT2D eigenvalue weighted by molar-refractivity contribution is 6.41. The van der Waals surface area contributed by atoms with Crippen molar-refractivity contribution < 1.29 is 33.3 Å². The third kappa shape index (κ3) is 6.36. The molecule has 0 spiro atoms. The van der Waals surface area contributed by atoms with Crippen molar-refractivity contribution in [3.63, 3.8) is 0 Å². The molecule has 0 saturated carbocycles. The Hall–Kier alpha value is -4.51. The van der Waals surface area contributed by atoms with Gasteiger partial charge in [-0.2, -0.15) is 9.78 Å². The maximum atomic E-state index is 13.2. The van der Waals surface area contributed by atoms with Gasteiger partial charge in [-0.25, -0.2) is 14.4 Å². The Kier molecular flexibility index (Phi) is 8.97. The number of aromatic nitrogens is 2. The lowest BCUT2D eigenvalue weighted by atomic mass is 10.1. The number of hydrogen-bond donors (Lipinski definition) is 0. The molecule has 0 radical (unpaired) electrons. The zero-order valence-electron chi connectivity index (χ0n) is 21.7. The van der Waals surface area contributed by atoms with Gasteiger partial charge in [0.1, 0.15) is 17.7 Å². The molecule has 12 heteroatoms. The van der Waals surface area contributed by atoms with Gasteiger partial charge in [0.2, 0.25) is 0 Å². The second-order valence-corrected chi connectivity index (χ2v) is 9.84. The molecule has 1 saturated heterocycles. The van der Waals surface area contributed by atoms with Crippen molar-refractivity contribution in [2.24, 2.45) is 0 Å². The number of benzene rings is 3. The Balaban J connectivity index is 1.51. The quantitative estimate of drug-likeness (QED) is 0.206. The molecule has 214 valence electrons. The lowest BCUT2D eigenvalue weighted by molar-refractivity contribution is -0.0692. The molecule has 0 bridgehead atoms. The summed E-state index contributed by atoms with van der Waals surface area (Å²) < 4.78 is 24.0. The van der Waals surface area contributed by atoms with Gasteiger partial charge in [-0.05, 0) is 36.4 Å². The largest absolute Gasteiger partial charge is 0.459 e. The summed E-state index contributed by atoms with van der Waals surface area (Å²) in [5.41, 5.74) is -0.166. The normalized spacial score (nSPS) is 19.6. The number of carbonyl (C=O) groups is 3. The summed E-state index contributed by atoms with van der Waals surface area (Å²) in [5, 5.41) is 3.57. The summed E-state index contributed by atoms with van der Waals surface area (Å²) in [5.74, 6) is -2.22. The van der Waals surface area contributed by atoms with E-state index in [1.165, 1.54) is 24.3 Å². The van der Waals surface area contributed by atoms with Crippen molar-refractivity contribution in [3.8, 4) is 0 Å². The van der Waals surface area contributed by atoms with E-state index in [1.807, 2.05) is 0 Å². The SMILES string of the molecule is O=C(OC[C@H]1O[C@@H](n2ncc(Cl)c(Cl)c2=O)[C@H](OC(=O)c2ccccc2)[C@@H]1OC(=O)c1ccccc1)c1ccccc1. The summed E-state index contributed by atoms with van der Waals surface area (Å²) >= 11 is 12.1. The third-order valence-electron chi connectivity index (χ3n) is 6.32. The molecule has 0 unspecified atom stereocenters. The van der Waals surface area contributed by atoms with Crippen LogP contribution in [0.1, 0.15) is 37.3 Å². The predicted molar refractivity (Wildman–Crippen MR) is 150 cm³/mol. The minimum atomic E-state index is -1.44. The van der Waals surface area contributed by atoms with E-state index in [0.29, 0.717) is 0 Å². The number of halogens is 2. The van der Waals surface area contributed by atoms with Crippen LogP contribution in [0.4, 0.5) is 0 Å². The van der Waals surface area contributed by atoms with E-state index in [0.717, 1.165) is 10.9 Å². The van der Waals surface area contributed by atoms with Crippen molar-refractivity contribution in [3.05, 3.63) is 134 Å². The maximum absolute atomic E-state index is 13.2. The van der Waals surface area contributed by atoms with Crippen LogP contribution in [0.3, 0.4) is 0 Å². The molecular formula is C30H22Cl2N2O8. The molecule has 1 fully saturated rings. The number of rotatable bonds is 8. The summed E-state index contributed by atoms with van der Waals surface area (Å²) in [6.07, 6.45) is -4.27. The lowest BCUT2D eigenvalue weighted by Crippen LogP contribution is -2.42. The van der Waals surface area contributed by atoms with Gasteiger partial charge in [0.25, 0.3) is 5.56 Å². The predicted octanol–water partition coefficient (Wildman–Crippen LogP) is 4.76. The fourth-order valence-corrected chi connectivity index (χ4v) is 4.52. The van der Waals surface area contributed by atoms with Crippen LogP contribution in [0.5, 0.6) is 0 Å². The minimum Gasteiger partial charge on any atom is -0.459 e.